The number of imidazole rings is 1. The van der Waals surface area contributed by atoms with Gasteiger partial charge in [0.1, 0.15) is 5.82 Å². The summed E-state index contributed by atoms with van der Waals surface area (Å²) in [5.41, 5.74) is 1.54. The largest absolute Gasteiger partial charge is 0.343 e. The van der Waals surface area contributed by atoms with E-state index < -0.39 is 5.82 Å². The highest BCUT2D eigenvalue weighted by molar-refractivity contribution is 6.31. The van der Waals surface area contributed by atoms with Crippen molar-refractivity contribution in [2.45, 2.75) is 0 Å². The van der Waals surface area contributed by atoms with Crippen molar-refractivity contribution >= 4 is 34.3 Å². The molecule has 1 aromatic carbocycles. The lowest BCUT2D eigenvalue weighted by Crippen LogP contribution is -2.27. The molecule has 0 saturated heterocycles. The molecule has 6 nitrogen and oxygen atoms in total. The minimum Gasteiger partial charge on any atom is -0.343 e. The number of hydrogen-bond acceptors (Lipinski definition) is 4. The summed E-state index contributed by atoms with van der Waals surface area (Å²) >= 11 is 5.68. The smallest absolute Gasteiger partial charge is 0.178 e. The molecule has 2 heterocycles. The Bertz CT molecular complexity index is 834. The number of aromatic amines is 1. The van der Waals surface area contributed by atoms with Crippen LogP contribution in [0.5, 0.6) is 0 Å². The maximum atomic E-state index is 13.1. The number of H-pyrrole nitrogens is 1. The van der Waals surface area contributed by atoms with Gasteiger partial charge in [0.05, 0.1) is 22.6 Å². The number of amidine groups is 1. The van der Waals surface area contributed by atoms with Gasteiger partial charge in [-0.15, -0.1) is 0 Å². The number of nitrogens with one attached hydrogen (secondary N) is 2. The number of aromatic nitrogens is 3. The fourth-order valence-electron chi connectivity index (χ4n) is 1.91. The van der Waals surface area contributed by atoms with E-state index in [1.54, 1.807) is 6.07 Å². The summed E-state index contributed by atoms with van der Waals surface area (Å²) in [6.07, 6.45) is 2.93. The third-order valence-corrected chi connectivity index (χ3v) is 3.23. The van der Waals surface area contributed by atoms with Crippen LogP contribution in [0, 0.1) is 11.2 Å². The Balaban J connectivity index is 2.01. The molecule has 0 aliphatic heterocycles. The van der Waals surface area contributed by atoms with E-state index in [1.165, 1.54) is 24.7 Å². The minimum absolute atomic E-state index is 0.138. The molecule has 3 rings (SSSR count). The summed E-state index contributed by atoms with van der Waals surface area (Å²) in [5, 5.41) is 18.7. The predicted molar refractivity (Wildman–Crippen MR) is 76.4 cm³/mol. The zero-order valence-electron chi connectivity index (χ0n) is 10.5. The van der Waals surface area contributed by atoms with Crippen LogP contribution in [0.15, 0.2) is 36.8 Å². The molecule has 106 valence electrons. The quantitative estimate of drug-likeness (QED) is 0.386. The molecular weight excluding hydrogens is 297 g/mol. The van der Waals surface area contributed by atoms with E-state index in [1.807, 2.05) is 0 Å². The molecule has 0 saturated carbocycles. The van der Waals surface area contributed by atoms with E-state index in [0.717, 1.165) is 6.07 Å². The van der Waals surface area contributed by atoms with Crippen LogP contribution in [0.25, 0.3) is 11.2 Å². The first-order valence-corrected chi connectivity index (χ1v) is 6.27. The molecule has 21 heavy (non-hydrogen) atoms. The molecule has 2 aromatic heterocycles. The van der Waals surface area contributed by atoms with Crippen molar-refractivity contribution in [3.8, 4) is 0 Å². The standard InChI is InChI=1S/C13H9ClFN5O/c14-9-5-7(1-2-10(9)15)20(21)12(16)8-3-4-17-13-11(8)18-6-19-13/h1-6,16,21H,(H,17,18,19). The molecule has 8 heteroatoms. The molecule has 0 fully saturated rings. The highest BCUT2D eigenvalue weighted by atomic mass is 35.5. The number of nitrogens with zero attached hydrogens (tertiary/aromatic N) is 3. The van der Waals surface area contributed by atoms with Gasteiger partial charge in [0.2, 0.25) is 0 Å². The van der Waals surface area contributed by atoms with Crippen molar-refractivity contribution in [2.75, 3.05) is 5.06 Å². The number of anilines is 1. The third kappa shape index (κ3) is 2.32. The molecule has 3 aromatic rings. The van der Waals surface area contributed by atoms with E-state index in [0.29, 0.717) is 21.8 Å². The second-order valence-electron chi connectivity index (χ2n) is 4.22. The predicted octanol–water partition coefficient (Wildman–Crippen LogP) is 2.97. The van der Waals surface area contributed by atoms with Gasteiger partial charge in [-0.3, -0.25) is 10.6 Å². The Labute approximate surface area is 123 Å². The Morgan fingerprint density at radius 1 is 1.33 bits per heavy atom. The summed E-state index contributed by atoms with van der Waals surface area (Å²) in [6.45, 7) is 0. The molecule has 0 aliphatic rings. The number of hydroxylamine groups is 1. The van der Waals surface area contributed by atoms with Gasteiger partial charge in [-0.05, 0) is 24.3 Å². The molecule has 3 N–H and O–H groups in total. The lowest BCUT2D eigenvalue weighted by atomic mass is 10.2. The molecule has 0 spiro atoms. The van der Waals surface area contributed by atoms with E-state index >= 15 is 0 Å². The zero-order valence-corrected chi connectivity index (χ0v) is 11.3. The maximum absolute atomic E-state index is 13.1. The van der Waals surface area contributed by atoms with Crippen molar-refractivity contribution in [3.05, 3.63) is 53.2 Å². The van der Waals surface area contributed by atoms with Gasteiger partial charge in [-0.2, -0.15) is 0 Å². The Morgan fingerprint density at radius 3 is 2.90 bits per heavy atom. The van der Waals surface area contributed by atoms with E-state index in [-0.39, 0.29) is 16.5 Å². The number of hydrogen-bond donors (Lipinski definition) is 3. The Hall–Kier alpha value is -2.51. The number of pyridine rings is 1. The summed E-state index contributed by atoms with van der Waals surface area (Å²) in [6, 6.07) is 5.24. The average Bonchev–Trinajstić information content (AvgIpc) is 2.97. The van der Waals surface area contributed by atoms with Crippen LogP contribution in [0.4, 0.5) is 10.1 Å². The Kier molecular flexibility index (Phi) is 3.28. The van der Waals surface area contributed by atoms with E-state index in [2.05, 4.69) is 15.0 Å². The SMILES string of the molecule is N=C(c1ccnc2nc[nH]c12)N(O)c1ccc(F)c(Cl)c1. The van der Waals surface area contributed by atoms with Gasteiger partial charge < -0.3 is 4.98 Å². The van der Waals surface area contributed by atoms with Gasteiger partial charge in [0.25, 0.3) is 0 Å². The van der Waals surface area contributed by atoms with Crippen LogP contribution in [-0.4, -0.2) is 26.0 Å². The zero-order chi connectivity index (χ0) is 15.0. The van der Waals surface area contributed by atoms with Crippen molar-refractivity contribution in [1.82, 2.24) is 15.0 Å². The fraction of sp³-hybridized carbons (Fsp3) is 0. The molecule has 0 amide bonds. The number of halogens is 2. The lowest BCUT2D eigenvalue weighted by molar-refractivity contribution is 0.312. The van der Waals surface area contributed by atoms with E-state index in [9.17, 15) is 9.60 Å². The van der Waals surface area contributed by atoms with Crippen molar-refractivity contribution in [3.63, 3.8) is 0 Å². The normalized spacial score (nSPS) is 10.8. The van der Waals surface area contributed by atoms with Crippen molar-refractivity contribution < 1.29 is 9.60 Å². The summed E-state index contributed by atoms with van der Waals surface area (Å²) < 4.78 is 13.1. The van der Waals surface area contributed by atoms with E-state index in [4.69, 9.17) is 17.0 Å². The maximum Gasteiger partial charge on any atom is 0.178 e. The highest BCUT2D eigenvalue weighted by Crippen LogP contribution is 2.24. The van der Waals surface area contributed by atoms with Crippen LogP contribution >= 0.6 is 11.6 Å². The van der Waals surface area contributed by atoms with Crippen LogP contribution in [0.2, 0.25) is 5.02 Å². The molecular formula is C13H9ClFN5O. The van der Waals surface area contributed by atoms with Crippen molar-refractivity contribution in [1.29, 1.82) is 5.41 Å². The third-order valence-electron chi connectivity index (χ3n) is 2.94. The number of benzene rings is 1. The van der Waals surface area contributed by atoms with Crippen LogP contribution < -0.4 is 5.06 Å². The second kappa shape index (κ2) is 5.12. The molecule has 0 radical (unpaired) electrons. The Morgan fingerprint density at radius 2 is 2.14 bits per heavy atom. The van der Waals surface area contributed by atoms with Gasteiger partial charge in [-0.1, -0.05) is 11.6 Å². The molecule has 0 bridgehead atoms. The van der Waals surface area contributed by atoms with Crippen LogP contribution in [0.1, 0.15) is 5.56 Å². The number of rotatable bonds is 2. The second-order valence-corrected chi connectivity index (χ2v) is 4.63. The van der Waals surface area contributed by atoms with Crippen LogP contribution in [0.3, 0.4) is 0 Å². The summed E-state index contributed by atoms with van der Waals surface area (Å²) in [5.74, 6) is -0.811. The number of fused-ring (bicyclic) bond motifs is 1. The first-order valence-electron chi connectivity index (χ1n) is 5.89. The topological polar surface area (TPSA) is 88.9 Å². The first-order chi connectivity index (χ1) is 10.1. The fourth-order valence-corrected chi connectivity index (χ4v) is 2.08. The van der Waals surface area contributed by atoms with Gasteiger partial charge >= 0.3 is 0 Å². The minimum atomic E-state index is -0.597. The summed E-state index contributed by atoms with van der Waals surface area (Å²) in [7, 11) is 0. The van der Waals surface area contributed by atoms with Crippen LogP contribution in [-0.2, 0) is 0 Å². The van der Waals surface area contributed by atoms with Gasteiger partial charge in [0.15, 0.2) is 11.5 Å². The highest BCUT2D eigenvalue weighted by Gasteiger charge is 2.17. The van der Waals surface area contributed by atoms with Gasteiger partial charge in [-0.25, -0.2) is 19.4 Å². The molecule has 0 atom stereocenters. The first kappa shape index (κ1) is 13.5. The lowest BCUT2D eigenvalue weighted by Gasteiger charge is -2.18. The molecule has 0 aliphatic carbocycles. The average molecular weight is 306 g/mol. The summed E-state index contributed by atoms with van der Waals surface area (Å²) in [4.78, 5) is 10.9. The van der Waals surface area contributed by atoms with Crippen molar-refractivity contribution in [2.24, 2.45) is 0 Å². The van der Waals surface area contributed by atoms with Gasteiger partial charge in [0, 0.05) is 11.8 Å². The molecule has 0 unspecified atom stereocenters. The monoisotopic (exact) mass is 305 g/mol.